The van der Waals surface area contributed by atoms with E-state index in [2.05, 4.69) is 5.32 Å². The van der Waals surface area contributed by atoms with Crippen LogP contribution >= 0.6 is 11.8 Å². The second-order valence-electron chi connectivity index (χ2n) is 4.61. The molecule has 3 atom stereocenters. The van der Waals surface area contributed by atoms with Gasteiger partial charge in [0.1, 0.15) is 6.04 Å². The van der Waals surface area contributed by atoms with Crippen molar-refractivity contribution in [2.45, 2.75) is 38.0 Å². The molecule has 3 unspecified atom stereocenters. The molecule has 110 valence electrons. The maximum atomic E-state index is 12.2. The Morgan fingerprint density at radius 3 is 2.74 bits per heavy atom. The summed E-state index contributed by atoms with van der Waals surface area (Å²) in [6, 6.07) is -1.04. The van der Waals surface area contributed by atoms with E-state index in [4.69, 9.17) is 9.84 Å². The van der Waals surface area contributed by atoms with E-state index in [0.29, 0.717) is 13.0 Å². The van der Waals surface area contributed by atoms with Gasteiger partial charge in [-0.25, -0.2) is 9.59 Å². The third-order valence-corrected chi connectivity index (χ3v) is 4.07. The number of hydrogen-bond acceptors (Lipinski definition) is 4. The van der Waals surface area contributed by atoms with Crippen molar-refractivity contribution in [1.29, 1.82) is 0 Å². The minimum absolute atomic E-state index is 0.0681. The molecule has 1 heterocycles. The number of amides is 2. The Kier molecular flexibility index (Phi) is 6.44. The number of ether oxygens (including phenoxy) is 1. The fraction of sp³-hybridized carbons (Fsp3) is 0.833. The first-order chi connectivity index (χ1) is 9.03. The van der Waals surface area contributed by atoms with Crippen LogP contribution < -0.4 is 5.32 Å². The van der Waals surface area contributed by atoms with Crippen LogP contribution in [0.1, 0.15) is 19.8 Å². The van der Waals surface area contributed by atoms with Crippen LogP contribution in [0, 0.1) is 0 Å². The highest BCUT2D eigenvalue weighted by Gasteiger charge is 2.40. The topological polar surface area (TPSA) is 78.9 Å². The summed E-state index contributed by atoms with van der Waals surface area (Å²) < 4.78 is 5.16. The molecule has 1 rings (SSSR count). The van der Waals surface area contributed by atoms with Crippen molar-refractivity contribution in [3.8, 4) is 0 Å². The van der Waals surface area contributed by atoms with Crippen molar-refractivity contribution in [3.63, 3.8) is 0 Å². The van der Waals surface area contributed by atoms with Crippen LogP contribution in [0.15, 0.2) is 0 Å². The first kappa shape index (κ1) is 16.1. The van der Waals surface area contributed by atoms with Crippen molar-refractivity contribution < 1.29 is 19.4 Å². The number of thioether (sulfide) groups is 1. The Bertz CT molecular complexity index is 327. The maximum absolute atomic E-state index is 12.2. The molecule has 6 nitrogen and oxygen atoms in total. The fourth-order valence-corrected chi connectivity index (χ4v) is 2.87. The predicted molar refractivity (Wildman–Crippen MR) is 74.5 cm³/mol. The van der Waals surface area contributed by atoms with Gasteiger partial charge in [0.25, 0.3) is 0 Å². The summed E-state index contributed by atoms with van der Waals surface area (Å²) in [5.74, 6) is -0.158. The molecule has 19 heavy (non-hydrogen) atoms. The van der Waals surface area contributed by atoms with Crippen molar-refractivity contribution >= 4 is 23.8 Å². The van der Waals surface area contributed by atoms with Gasteiger partial charge >= 0.3 is 12.0 Å². The minimum Gasteiger partial charge on any atom is -0.480 e. The Morgan fingerprint density at radius 1 is 1.58 bits per heavy atom. The summed E-state index contributed by atoms with van der Waals surface area (Å²) in [5.41, 5.74) is 0. The molecular formula is C12H22N2O4S. The number of hydrogen-bond donors (Lipinski definition) is 2. The van der Waals surface area contributed by atoms with E-state index in [1.165, 1.54) is 12.0 Å². The largest absolute Gasteiger partial charge is 0.480 e. The van der Waals surface area contributed by atoms with E-state index in [-0.39, 0.29) is 18.2 Å². The number of carboxylic acid groups (broad SMARTS) is 1. The highest BCUT2D eigenvalue weighted by atomic mass is 32.2. The lowest BCUT2D eigenvalue weighted by molar-refractivity contribution is -0.141. The van der Waals surface area contributed by atoms with E-state index in [0.717, 1.165) is 12.2 Å². The van der Waals surface area contributed by atoms with Gasteiger partial charge in [0.05, 0.1) is 6.10 Å². The lowest BCUT2D eigenvalue weighted by atomic mass is 10.2. The Labute approximate surface area is 117 Å². The summed E-state index contributed by atoms with van der Waals surface area (Å²) >= 11 is 1.66. The van der Waals surface area contributed by atoms with E-state index in [1.54, 1.807) is 11.8 Å². The van der Waals surface area contributed by atoms with Crippen molar-refractivity contribution in [3.05, 3.63) is 0 Å². The molecule has 2 amide bonds. The van der Waals surface area contributed by atoms with Gasteiger partial charge in [-0.05, 0) is 12.7 Å². The zero-order valence-electron chi connectivity index (χ0n) is 11.6. The van der Waals surface area contributed by atoms with Crippen LogP contribution in [-0.2, 0) is 9.53 Å². The number of methoxy groups -OCH3 is 1. The number of urea groups is 1. The minimum atomic E-state index is -0.979. The zero-order valence-corrected chi connectivity index (χ0v) is 12.4. The summed E-state index contributed by atoms with van der Waals surface area (Å²) in [4.78, 5) is 24.7. The fourth-order valence-electron chi connectivity index (χ4n) is 2.15. The smallest absolute Gasteiger partial charge is 0.326 e. The summed E-state index contributed by atoms with van der Waals surface area (Å²) in [5, 5.41) is 12.0. The van der Waals surface area contributed by atoms with Gasteiger partial charge in [-0.15, -0.1) is 0 Å². The van der Waals surface area contributed by atoms with Crippen molar-refractivity contribution in [2.75, 3.05) is 25.7 Å². The normalized spacial score (nSPS) is 24.3. The summed E-state index contributed by atoms with van der Waals surface area (Å²) in [6.45, 7) is 2.33. The second-order valence-corrected chi connectivity index (χ2v) is 5.52. The predicted octanol–water partition coefficient (Wildman–Crippen LogP) is 1.01. The lowest BCUT2D eigenvalue weighted by Gasteiger charge is -2.25. The number of nitrogens with zero attached hydrogens (tertiary/aromatic N) is 1. The molecule has 0 saturated carbocycles. The lowest BCUT2D eigenvalue weighted by Crippen LogP contribution is -2.49. The van der Waals surface area contributed by atoms with Crippen molar-refractivity contribution in [2.24, 2.45) is 0 Å². The number of aliphatic carboxylic acids is 1. The third-order valence-electron chi connectivity index (χ3n) is 3.33. The Hall–Kier alpha value is -0.950. The molecule has 0 aromatic heterocycles. The molecule has 2 N–H and O–H groups in total. The van der Waals surface area contributed by atoms with Crippen LogP contribution in [0.3, 0.4) is 0 Å². The molecule has 1 aliphatic rings. The van der Waals surface area contributed by atoms with Crippen LogP contribution in [0.4, 0.5) is 4.79 Å². The average Bonchev–Trinajstić information content (AvgIpc) is 2.82. The second kappa shape index (κ2) is 7.59. The van der Waals surface area contributed by atoms with Crippen LogP contribution in [0.5, 0.6) is 0 Å². The van der Waals surface area contributed by atoms with Gasteiger partial charge in [0, 0.05) is 31.9 Å². The first-order valence-corrected chi connectivity index (χ1v) is 7.74. The molecule has 0 spiro atoms. The maximum Gasteiger partial charge on any atom is 0.326 e. The van der Waals surface area contributed by atoms with Crippen LogP contribution in [0.2, 0.25) is 0 Å². The molecule has 0 aromatic rings. The highest BCUT2D eigenvalue weighted by Crippen LogP contribution is 2.20. The average molecular weight is 290 g/mol. The molecule has 1 saturated heterocycles. The van der Waals surface area contributed by atoms with Gasteiger partial charge in [0.15, 0.2) is 0 Å². The monoisotopic (exact) mass is 290 g/mol. The highest BCUT2D eigenvalue weighted by molar-refractivity contribution is 7.98. The van der Waals surface area contributed by atoms with Gasteiger partial charge in [0.2, 0.25) is 0 Å². The number of nitrogens with one attached hydrogen (secondary N) is 1. The quantitative estimate of drug-likeness (QED) is 0.763. The van der Waals surface area contributed by atoms with Gasteiger partial charge in [-0.1, -0.05) is 6.92 Å². The first-order valence-electron chi connectivity index (χ1n) is 6.35. The summed E-state index contributed by atoms with van der Waals surface area (Å²) in [7, 11) is 1.54. The number of rotatable bonds is 6. The van der Waals surface area contributed by atoms with E-state index < -0.39 is 12.0 Å². The molecule has 0 aromatic carbocycles. The summed E-state index contributed by atoms with van der Waals surface area (Å²) in [6.07, 6.45) is 2.95. The van der Waals surface area contributed by atoms with E-state index in [1.807, 2.05) is 13.2 Å². The molecule has 1 aliphatic heterocycles. The number of carbonyl (C=O) groups is 2. The SMILES string of the molecule is CCC(CSC)NC(=O)N1CC(OC)CC1C(=O)O. The molecule has 0 radical (unpaired) electrons. The molecule has 1 fully saturated rings. The number of likely N-dealkylation sites (tertiary alicyclic amines) is 1. The van der Waals surface area contributed by atoms with Gasteiger partial charge in [-0.3, -0.25) is 0 Å². The molecular weight excluding hydrogens is 268 g/mol. The zero-order chi connectivity index (χ0) is 14.4. The Morgan fingerprint density at radius 2 is 2.26 bits per heavy atom. The van der Waals surface area contributed by atoms with E-state index >= 15 is 0 Å². The van der Waals surface area contributed by atoms with Gasteiger partial charge in [-0.2, -0.15) is 11.8 Å². The Balaban J connectivity index is 2.65. The van der Waals surface area contributed by atoms with E-state index in [9.17, 15) is 9.59 Å². The van der Waals surface area contributed by atoms with Gasteiger partial charge < -0.3 is 20.1 Å². The molecule has 0 bridgehead atoms. The number of carboxylic acids is 1. The molecule has 0 aliphatic carbocycles. The van der Waals surface area contributed by atoms with Crippen LogP contribution in [-0.4, -0.2) is 65.9 Å². The van der Waals surface area contributed by atoms with Crippen molar-refractivity contribution in [1.82, 2.24) is 10.2 Å². The molecule has 7 heteroatoms. The third kappa shape index (κ3) is 4.28. The number of carbonyl (C=O) groups excluding carboxylic acids is 1. The standard InChI is InChI=1S/C12H22N2O4S/c1-4-8(7-19-3)13-12(17)14-6-9(18-2)5-10(14)11(15)16/h8-10H,4-7H2,1-3H3,(H,13,17)(H,15,16). The van der Waals surface area contributed by atoms with Crippen LogP contribution in [0.25, 0.3) is 0 Å².